The maximum absolute atomic E-state index is 14.8. The summed E-state index contributed by atoms with van der Waals surface area (Å²) in [6.45, 7) is 17.3. The van der Waals surface area contributed by atoms with Crippen molar-refractivity contribution in [2.45, 2.75) is 109 Å². The third-order valence-corrected chi connectivity index (χ3v) is 11.6. The van der Waals surface area contributed by atoms with Crippen LogP contribution >= 0.6 is 0 Å². The number of fused-ring (bicyclic) bond motifs is 1. The van der Waals surface area contributed by atoms with Crippen molar-refractivity contribution >= 4 is 44.7 Å². The Kier molecular flexibility index (Phi) is 13.9. The van der Waals surface area contributed by atoms with Gasteiger partial charge in [-0.3, -0.25) is 14.4 Å². The number of hydrogen-bond donors (Lipinski definition) is 3. The van der Waals surface area contributed by atoms with Crippen LogP contribution in [0.1, 0.15) is 73.3 Å². The fraction of sp³-hybridized carbons (Fsp3) is 0.413. The van der Waals surface area contributed by atoms with Crippen LogP contribution in [0.4, 0.5) is 4.79 Å². The number of rotatable bonds is 14. The molecular formula is C46H57N5O9S. The summed E-state index contributed by atoms with van der Waals surface area (Å²) >= 11 is 0. The highest BCUT2D eigenvalue weighted by Crippen LogP contribution is 2.35. The molecule has 14 nitrogen and oxygen atoms in total. The maximum Gasteiger partial charge on any atom is 0.408 e. The van der Waals surface area contributed by atoms with Crippen LogP contribution in [0, 0.1) is 12.3 Å². The van der Waals surface area contributed by atoms with E-state index >= 15 is 0 Å². The first-order valence-electron chi connectivity index (χ1n) is 20.1. The van der Waals surface area contributed by atoms with Gasteiger partial charge in [0.25, 0.3) is 15.9 Å². The molecule has 0 unspecified atom stereocenters. The number of nitrogens with zero attached hydrogens (tertiary/aromatic N) is 2. The van der Waals surface area contributed by atoms with Gasteiger partial charge in [-0.1, -0.05) is 69.3 Å². The molecule has 3 aromatic carbocycles. The van der Waals surface area contributed by atoms with E-state index in [1.165, 1.54) is 24.0 Å². The number of amides is 4. The predicted octanol–water partition coefficient (Wildman–Crippen LogP) is 6.85. The molecule has 0 spiro atoms. The first-order chi connectivity index (χ1) is 28.5. The van der Waals surface area contributed by atoms with Crippen LogP contribution in [0.15, 0.2) is 96.4 Å². The number of benzene rings is 3. The molecule has 0 bridgehead atoms. The average molecular weight is 856 g/mol. The number of alkyl carbamates (subject to hydrolysis) is 1. The molecule has 5 rings (SSSR count). The smallest absolute Gasteiger partial charge is 0.408 e. The van der Waals surface area contributed by atoms with Crippen molar-refractivity contribution in [1.82, 2.24) is 25.2 Å². The number of hydrogen-bond acceptors (Lipinski definition) is 10. The monoisotopic (exact) mass is 855 g/mol. The zero-order chi connectivity index (χ0) is 44.9. The van der Waals surface area contributed by atoms with Gasteiger partial charge in [0.15, 0.2) is 0 Å². The van der Waals surface area contributed by atoms with E-state index in [0.717, 1.165) is 5.56 Å². The number of sulfonamides is 1. The van der Waals surface area contributed by atoms with E-state index in [4.69, 9.17) is 19.2 Å². The first kappa shape index (κ1) is 46.1. The Bertz CT molecular complexity index is 2390. The lowest BCUT2D eigenvalue weighted by Crippen LogP contribution is -2.62. The van der Waals surface area contributed by atoms with Crippen molar-refractivity contribution in [3.63, 3.8) is 0 Å². The number of nitrogens with one attached hydrogen (secondary N) is 3. The summed E-state index contributed by atoms with van der Waals surface area (Å²) in [4.78, 5) is 62.7. The number of ether oxygens (including phenoxy) is 3. The highest BCUT2D eigenvalue weighted by Gasteiger charge is 2.48. The molecule has 4 atom stereocenters. The van der Waals surface area contributed by atoms with Crippen LogP contribution < -0.4 is 24.8 Å². The number of aryl methyl sites for hydroxylation is 1. The van der Waals surface area contributed by atoms with Gasteiger partial charge in [-0.05, 0) is 82.7 Å². The minimum atomic E-state index is -4.34. The molecule has 1 aromatic heterocycles. The van der Waals surface area contributed by atoms with Gasteiger partial charge in [-0.15, -0.1) is 6.58 Å². The standard InChI is InChI=1S/C46H57N5O9S/c1-11-12-23-46(9,42(54)50-61(56,57)33-20-16-17-29(2)24-33)49-40(52)37-26-32(28-51(37)41(53)39(44(3,4)5)48-43(55)60-45(6,7)8)59-38-27-35(30-18-14-13-15-19-30)47-36-25-31(58-10)21-22-34(36)38/h11,13-22,24-25,27,32,37,39H,1,12,23,26,28H2,2-10H3,(H,48,55)(H,49,52)(H,50,54)/t32-,37+,39-,46+/m1/s1. The second kappa shape index (κ2) is 18.3. The Balaban J connectivity index is 1.54. The Morgan fingerprint density at radius 2 is 1.66 bits per heavy atom. The van der Waals surface area contributed by atoms with Crippen molar-refractivity contribution in [2.75, 3.05) is 13.7 Å². The van der Waals surface area contributed by atoms with Gasteiger partial charge in [0.1, 0.15) is 40.8 Å². The zero-order valence-corrected chi connectivity index (χ0v) is 37.1. The molecule has 4 amide bonds. The average Bonchev–Trinajstić information content (AvgIpc) is 3.61. The number of carbonyl (C=O) groups excluding carboxylic acids is 4. The molecule has 1 aliphatic heterocycles. The van der Waals surface area contributed by atoms with Gasteiger partial charge >= 0.3 is 6.09 Å². The summed E-state index contributed by atoms with van der Waals surface area (Å²) in [7, 11) is -2.78. The molecule has 0 saturated carbocycles. The topological polar surface area (TPSA) is 182 Å². The van der Waals surface area contributed by atoms with Gasteiger partial charge < -0.3 is 29.7 Å². The molecule has 4 aromatic rings. The second-order valence-electron chi connectivity index (χ2n) is 17.6. The number of pyridine rings is 1. The SMILES string of the molecule is C=CCC[C@](C)(NC(=O)[C@@H]1C[C@@H](Oc2cc(-c3ccccc3)nc3cc(OC)ccc23)CN1C(=O)[C@@H](NC(=O)OC(C)(C)C)C(C)(C)C)C(=O)NS(=O)(=O)c1cccc(C)c1. The Hall–Kier alpha value is -5.96. The molecule has 2 heterocycles. The highest BCUT2D eigenvalue weighted by molar-refractivity contribution is 7.90. The third-order valence-electron chi connectivity index (χ3n) is 10.2. The summed E-state index contributed by atoms with van der Waals surface area (Å²) < 4.78 is 46.7. The lowest BCUT2D eigenvalue weighted by Gasteiger charge is -2.36. The van der Waals surface area contributed by atoms with Crippen molar-refractivity contribution in [3.05, 3.63) is 97.1 Å². The summed E-state index contributed by atoms with van der Waals surface area (Å²) in [5.74, 6) is -1.25. The third kappa shape index (κ3) is 11.5. The molecular weight excluding hydrogens is 799 g/mol. The van der Waals surface area contributed by atoms with Crippen LogP contribution in [-0.2, 0) is 29.1 Å². The maximum atomic E-state index is 14.8. The van der Waals surface area contributed by atoms with E-state index in [9.17, 15) is 27.6 Å². The van der Waals surface area contributed by atoms with E-state index in [1.807, 2.05) is 36.4 Å². The van der Waals surface area contributed by atoms with E-state index in [0.29, 0.717) is 33.7 Å². The molecule has 1 aliphatic rings. The van der Waals surface area contributed by atoms with Crippen molar-refractivity contribution in [3.8, 4) is 22.8 Å². The number of carbonyl (C=O) groups is 4. The van der Waals surface area contributed by atoms with E-state index in [2.05, 4.69) is 21.9 Å². The van der Waals surface area contributed by atoms with Crippen molar-refractivity contribution in [2.24, 2.45) is 5.41 Å². The van der Waals surface area contributed by atoms with Crippen LogP contribution in [0.2, 0.25) is 0 Å². The summed E-state index contributed by atoms with van der Waals surface area (Å²) in [5, 5.41) is 6.19. The molecule has 61 heavy (non-hydrogen) atoms. The lowest BCUT2D eigenvalue weighted by atomic mass is 9.85. The Labute approximate surface area is 358 Å². The van der Waals surface area contributed by atoms with Crippen LogP contribution in [-0.4, -0.2) is 85.1 Å². The summed E-state index contributed by atoms with van der Waals surface area (Å²) in [6, 6.07) is 20.4. The fourth-order valence-corrected chi connectivity index (χ4v) is 8.19. The van der Waals surface area contributed by atoms with Crippen molar-refractivity contribution < 1.29 is 41.8 Å². The number of allylic oxidation sites excluding steroid dienone is 1. The van der Waals surface area contributed by atoms with Crippen LogP contribution in [0.5, 0.6) is 11.5 Å². The molecule has 0 aliphatic carbocycles. The highest BCUT2D eigenvalue weighted by atomic mass is 32.2. The number of likely N-dealkylation sites (tertiary alicyclic amines) is 1. The normalized spacial score (nSPS) is 17.1. The molecule has 1 saturated heterocycles. The quantitative estimate of drug-likeness (QED) is 0.114. The minimum absolute atomic E-state index is 0.0163. The Morgan fingerprint density at radius 1 is 0.951 bits per heavy atom. The summed E-state index contributed by atoms with van der Waals surface area (Å²) in [5.41, 5.74) is -0.776. The molecule has 0 radical (unpaired) electrons. The van der Waals surface area contributed by atoms with E-state index in [1.54, 1.807) is 92.0 Å². The van der Waals surface area contributed by atoms with Crippen LogP contribution in [0.25, 0.3) is 22.2 Å². The number of methoxy groups -OCH3 is 1. The minimum Gasteiger partial charge on any atom is -0.497 e. The van der Waals surface area contributed by atoms with Gasteiger partial charge in [0, 0.05) is 29.5 Å². The van der Waals surface area contributed by atoms with Crippen LogP contribution in [0.3, 0.4) is 0 Å². The van der Waals surface area contributed by atoms with Gasteiger partial charge in [0.2, 0.25) is 11.8 Å². The fourth-order valence-electron chi connectivity index (χ4n) is 7.01. The van der Waals surface area contributed by atoms with E-state index < -0.39 is 68.6 Å². The van der Waals surface area contributed by atoms with E-state index in [-0.39, 0.29) is 30.7 Å². The lowest BCUT2D eigenvalue weighted by molar-refractivity contribution is -0.143. The van der Waals surface area contributed by atoms with Gasteiger partial charge in [0.05, 0.1) is 29.8 Å². The molecule has 15 heteroatoms. The number of aromatic nitrogens is 1. The predicted molar refractivity (Wildman–Crippen MR) is 233 cm³/mol. The first-order valence-corrected chi connectivity index (χ1v) is 21.6. The zero-order valence-electron chi connectivity index (χ0n) is 36.3. The molecule has 326 valence electrons. The van der Waals surface area contributed by atoms with Gasteiger partial charge in [-0.25, -0.2) is 22.9 Å². The largest absolute Gasteiger partial charge is 0.497 e. The van der Waals surface area contributed by atoms with Crippen molar-refractivity contribution in [1.29, 1.82) is 0 Å². The molecule has 1 fully saturated rings. The second-order valence-corrected chi connectivity index (χ2v) is 19.3. The molecule has 3 N–H and O–H groups in total. The Morgan fingerprint density at radius 3 is 2.28 bits per heavy atom. The van der Waals surface area contributed by atoms with Gasteiger partial charge in [-0.2, -0.15) is 0 Å². The summed E-state index contributed by atoms with van der Waals surface area (Å²) in [6.07, 6.45) is 0.164.